The van der Waals surface area contributed by atoms with E-state index >= 15 is 0 Å². The Morgan fingerprint density at radius 2 is 1.76 bits per heavy atom. The van der Waals surface area contributed by atoms with Crippen molar-refractivity contribution in [2.24, 2.45) is 0 Å². The fourth-order valence-corrected chi connectivity index (χ4v) is 15.3. The van der Waals surface area contributed by atoms with E-state index in [4.69, 9.17) is 20.6 Å². The Morgan fingerprint density at radius 3 is 2.24 bits per heavy atom. The third-order valence-electron chi connectivity index (χ3n) is 2.21. The predicted octanol–water partition coefficient (Wildman–Crippen LogP) is 3.18. The molecule has 0 saturated heterocycles. The third-order valence-corrected chi connectivity index (χ3v) is 18.0. The average Bonchev–Trinajstić information content (AvgIpc) is 2.31. The maximum atomic E-state index is 12.4. The fourth-order valence-electron chi connectivity index (χ4n) is 1.48. The minimum absolute atomic E-state index is 0.364. The molecular weight excluding hydrogens is 447 g/mol. The van der Waals surface area contributed by atoms with Crippen LogP contribution in [0.15, 0.2) is 30.3 Å². The van der Waals surface area contributed by atoms with E-state index in [9.17, 15) is 4.57 Å². The van der Waals surface area contributed by atoms with Crippen molar-refractivity contribution in [1.29, 1.82) is 0 Å². The SMILES string of the molecule is CCOP(=O)(OCC)[CH](Cl)[Hg][c]1ccccc1. The zero-order valence-corrected chi connectivity index (χ0v) is 17.3. The summed E-state index contributed by atoms with van der Waals surface area (Å²) >= 11 is 4.58. The van der Waals surface area contributed by atoms with Crippen LogP contribution in [0.5, 0.6) is 0 Å². The Bertz CT molecular complexity index is 364. The molecule has 92 valence electrons. The molecule has 1 unspecified atom stereocenters. The van der Waals surface area contributed by atoms with Gasteiger partial charge in [-0.15, -0.1) is 0 Å². The molecule has 0 bridgehead atoms. The summed E-state index contributed by atoms with van der Waals surface area (Å²) in [5, 5.41) is 0. The number of benzene rings is 1. The summed E-state index contributed by atoms with van der Waals surface area (Å²) in [5.41, 5.74) is 0. The molecule has 3 nitrogen and oxygen atoms in total. The summed E-state index contributed by atoms with van der Waals surface area (Å²) in [6.07, 6.45) is 0. The number of alkyl halides is 1. The summed E-state index contributed by atoms with van der Waals surface area (Å²) in [6.45, 7) is 4.33. The van der Waals surface area contributed by atoms with Crippen LogP contribution in [0.1, 0.15) is 13.8 Å². The first-order valence-electron chi connectivity index (χ1n) is 5.69. The second-order valence-electron chi connectivity index (χ2n) is 3.50. The van der Waals surface area contributed by atoms with Crippen LogP contribution in [0.4, 0.5) is 0 Å². The van der Waals surface area contributed by atoms with Gasteiger partial charge in [0.15, 0.2) is 0 Å². The first-order chi connectivity index (χ1) is 8.12. The Morgan fingerprint density at radius 1 is 1.24 bits per heavy atom. The summed E-state index contributed by atoms with van der Waals surface area (Å²) in [4.78, 5) is 0. The molecule has 0 saturated carbocycles. The van der Waals surface area contributed by atoms with E-state index in [1.807, 2.05) is 30.3 Å². The third kappa shape index (κ3) is 5.00. The van der Waals surface area contributed by atoms with Crippen molar-refractivity contribution in [2.45, 2.75) is 16.5 Å². The molecule has 0 aliphatic heterocycles. The Kier molecular flexibility index (Phi) is 7.28. The first-order valence-corrected chi connectivity index (χ1v) is 13.7. The van der Waals surface area contributed by atoms with Crippen molar-refractivity contribution in [2.75, 3.05) is 13.2 Å². The van der Waals surface area contributed by atoms with Gasteiger partial charge in [-0.25, -0.2) is 0 Å². The van der Waals surface area contributed by atoms with E-state index < -0.39 is 34.8 Å². The van der Waals surface area contributed by atoms with Crippen molar-refractivity contribution < 1.29 is 38.2 Å². The van der Waals surface area contributed by atoms with Gasteiger partial charge in [-0.3, -0.25) is 0 Å². The van der Waals surface area contributed by atoms with E-state index in [0.29, 0.717) is 13.2 Å². The molecule has 1 atom stereocenters. The molecule has 17 heavy (non-hydrogen) atoms. The van der Waals surface area contributed by atoms with Crippen LogP contribution in [-0.2, 0) is 38.2 Å². The molecule has 0 spiro atoms. The number of hydrogen-bond acceptors (Lipinski definition) is 3. The van der Waals surface area contributed by atoms with Gasteiger partial charge in [0.25, 0.3) is 0 Å². The first kappa shape index (κ1) is 15.7. The van der Waals surface area contributed by atoms with Crippen molar-refractivity contribution in [3.05, 3.63) is 30.3 Å². The second-order valence-corrected chi connectivity index (χ2v) is 19.2. The standard InChI is InChI=1S/C6H5.C5H11ClO3P.Hg/c1-2-4-6-5-3-1;1-3-8-10(7,5-6)9-4-2;/h1-5H;5H,3-4H2,1-2H3;. The summed E-state index contributed by atoms with van der Waals surface area (Å²) in [7, 11) is -3.11. The van der Waals surface area contributed by atoms with Crippen LogP contribution in [0.2, 0.25) is 0 Å². The molecule has 0 aliphatic rings. The Hall–Kier alpha value is 0.595. The van der Waals surface area contributed by atoms with Crippen LogP contribution in [-0.4, -0.2) is 15.8 Å². The summed E-state index contributed by atoms with van der Waals surface area (Å²) in [6, 6.07) is 10.0. The van der Waals surface area contributed by atoms with Gasteiger partial charge >= 0.3 is 120 Å². The molecule has 0 amide bonds. The van der Waals surface area contributed by atoms with Crippen LogP contribution >= 0.6 is 19.2 Å². The zero-order chi connectivity index (χ0) is 12.7. The molecule has 1 aromatic rings. The monoisotopic (exact) mass is 464 g/mol. The van der Waals surface area contributed by atoms with Crippen molar-refractivity contribution >= 4 is 22.3 Å². The van der Waals surface area contributed by atoms with Gasteiger partial charge in [-0.05, 0) is 0 Å². The molecule has 1 rings (SSSR count). The number of rotatable bonds is 7. The van der Waals surface area contributed by atoms with Gasteiger partial charge < -0.3 is 0 Å². The molecule has 0 aliphatic carbocycles. The summed E-state index contributed by atoms with van der Waals surface area (Å²) in [5.74, 6) is 0. The van der Waals surface area contributed by atoms with E-state index in [2.05, 4.69) is 0 Å². The average molecular weight is 463 g/mol. The Labute approximate surface area is 120 Å². The zero-order valence-electron chi connectivity index (χ0n) is 10.1. The molecule has 0 radical (unpaired) electrons. The summed E-state index contributed by atoms with van der Waals surface area (Å²) < 4.78 is 23.7. The fraction of sp³-hybridized carbons (Fsp3) is 0.455. The number of hydrogen-bond donors (Lipinski definition) is 0. The van der Waals surface area contributed by atoms with E-state index in [-0.39, 0.29) is 0 Å². The maximum absolute atomic E-state index is 12.4. The molecule has 0 heterocycles. The van der Waals surface area contributed by atoms with Crippen molar-refractivity contribution in [3.63, 3.8) is 0 Å². The van der Waals surface area contributed by atoms with Gasteiger partial charge in [0.1, 0.15) is 0 Å². The Balaban J connectivity index is 2.72. The van der Waals surface area contributed by atoms with Gasteiger partial charge in [-0.2, -0.15) is 0 Å². The van der Waals surface area contributed by atoms with E-state index in [0.717, 1.165) is 0 Å². The second kappa shape index (κ2) is 7.91. The van der Waals surface area contributed by atoms with Crippen LogP contribution in [0.25, 0.3) is 0 Å². The van der Waals surface area contributed by atoms with Crippen LogP contribution in [0.3, 0.4) is 0 Å². The molecular formula is C11H16ClHgO3P. The quantitative estimate of drug-likeness (QED) is 0.354. The van der Waals surface area contributed by atoms with Gasteiger partial charge in [0, 0.05) is 0 Å². The number of halogens is 1. The molecule has 0 aromatic heterocycles. The normalized spacial score (nSPS) is 13.1. The molecule has 0 fully saturated rings. The molecule has 0 N–H and O–H groups in total. The van der Waals surface area contributed by atoms with E-state index in [1.54, 1.807) is 13.8 Å². The van der Waals surface area contributed by atoms with Crippen molar-refractivity contribution in [3.8, 4) is 0 Å². The molecule has 6 heteroatoms. The topological polar surface area (TPSA) is 35.5 Å². The molecule has 1 aromatic carbocycles. The van der Waals surface area contributed by atoms with Crippen molar-refractivity contribution in [1.82, 2.24) is 0 Å². The van der Waals surface area contributed by atoms with Crippen LogP contribution < -0.4 is 3.07 Å². The van der Waals surface area contributed by atoms with Gasteiger partial charge in [-0.1, -0.05) is 0 Å². The minimum atomic E-state index is -3.11. The van der Waals surface area contributed by atoms with Gasteiger partial charge in [0.2, 0.25) is 0 Å². The van der Waals surface area contributed by atoms with Gasteiger partial charge in [0.05, 0.1) is 0 Å². The van der Waals surface area contributed by atoms with E-state index in [1.165, 1.54) is 3.07 Å². The van der Waals surface area contributed by atoms with Crippen LogP contribution in [0, 0.1) is 0 Å². The predicted molar refractivity (Wildman–Crippen MR) is 66.6 cm³/mol.